The van der Waals surface area contributed by atoms with Crippen LogP contribution in [0.5, 0.6) is 0 Å². The molecule has 0 bridgehead atoms. The molecule has 2 amide bonds. The summed E-state index contributed by atoms with van der Waals surface area (Å²) in [6.07, 6.45) is -10.0. The Bertz CT molecular complexity index is 1080. The van der Waals surface area contributed by atoms with Crippen LogP contribution in [0.3, 0.4) is 0 Å². The first-order valence-corrected chi connectivity index (χ1v) is 10.4. The van der Waals surface area contributed by atoms with Gasteiger partial charge in [0.2, 0.25) is 5.82 Å². The molecule has 0 spiro atoms. The van der Waals surface area contributed by atoms with E-state index >= 15 is 0 Å². The fraction of sp³-hybridized carbons (Fsp3) is 0.500. The van der Waals surface area contributed by atoms with Crippen LogP contribution >= 0.6 is 0 Å². The van der Waals surface area contributed by atoms with Crippen molar-refractivity contribution >= 4 is 12.2 Å². The maximum absolute atomic E-state index is 13.7. The lowest BCUT2D eigenvalue weighted by Gasteiger charge is -2.29. The van der Waals surface area contributed by atoms with Crippen LogP contribution in [-0.2, 0) is 28.4 Å². The molecule has 36 heavy (non-hydrogen) atoms. The van der Waals surface area contributed by atoms with Gasteiger partial charge in [-0.3, -0.25) is 4.98 Å². The molecule has 0 saturated carbocycles. The first kappa shape index (κ1) is 28.8. The second-order valence-corrected chi connectivity index (χ2v) is 9.57. The summed E-state index contributed by atoms with van der Waals surface area (Å²) >= 11 is 0. The summed E-state index contributed by atoms with van der Waals surface area (Å²) in [6, 6.07) is 0.920. The quantitative estimate of drug-likeness (QED) is 0.440. The zero-order chi connectivity index (χ0) is 27.7. The highest BCUT2D eigenvalue weighted by molar-refractivity contribution is 5.88. The van der Waals surface area contributed by atoms with Gasteiger partial charge in [-0.1, -0.05) is 0 Å². The number of carbonyl (C=O) groups excluding carboxylic acids is 2. The standard InChI is InChI=1S/C22H24F6N4O4/c1-19(2,3)35-17(33)32(18(34)36-20(4,5)6)11-13-7-12(8-29-15(13)21(23,24)25)14-9-30-16(31-10-14)22(26,27)28/h7-10H,11H2,1-6H3. The molecule has 2 aromatic heterocycles. The summed E-state index contributed by atoms with van der Waals surface area (Å²) in [5.74, 6) is -1.44. The van der Waals surface area contributed by atoms with Gasteiger partial charge in [0.1, 0.15) is 16.9 Å². The molecule has 0 aliphatic carbocycles. The Hall–Kier alpha value is -3.45. The van der Waals surface area contributed by atoms with E-state index in [1.165, 1.54) is 41.5 Å². The minimum Gasteiger partial charge on any atom is -0.443 e. The Morgan fingerprint density at radius 1 is 0.750 bits per heavy atom. The van der Waals surface area contributed by atoms with Gasteiger partial charge in [0.15, 0.2) is 0 Å². The number of halogens is 6. The van der Waals surface area contributed by atoms with Crippen molar-refractivity contribution in [2.45, 2.75) is 71.6 Å². The number of hydrogen-bond donors (Lipinski definition) is 0. The number of hydrogen-bond acceptors (Lipinski definition) is 7. The lowest BCUT2D eigenvalue weighted by molar-refractivity contribution is -0.145. The van der Waals surface area contributed by atoms with Gasteiger partial charge >= 0.3 is 24.5 Å². The highest BCUT2D eigenvalue weighted by Crippen LogP contribution is 2.34. The van der Waals surface area contributed by atoms with Crippen molar-refractivity contribution in [2.75, 3.05) is 0 Å². The van der Waals surface area contributed by atoms with Crippen LogP contribution in [-0.4, -0.2) is 43.2 Å². The fourth-order valence-corrected chi connectivity index (χ4v) is 2.68. The molecule has 198 valence electrons. The number of amides is 2. The van der Waals surface area contributed by atoms with E-state index in [0.29, 0.717) is 4.90 Å². The number of ether oxygens (including phenoxy) is 2. The summed E-state index contributed by atoms with van der Waals surface area (Å²) in [5.41, 5.74) is -4.41. The van der Waals surface area contributed by atoms with E-state index < -0.39 is 59.4 Å². The smallest absolute Gasteiger partial charge is 0.443 e. The van der Waals surface area contributed by atoms with Crippen molar-refractivity contribution in [2.24, 2.45) is 0 Å². The topological polar surface area (TPSA) is 94.5 Å². The predicted octanol–water partition coefficient (Wildman–Crippen LogP) is 6.25. The molecule has 2 aromatic rings. The average molecular weight is 522 g/mol. The monoisotopic (exact) mass is 522 g/mol. The third-order valence-electron chi connectivity index (χ3n) is 4.03. The van der Waals surface area contributed by atoms with Gasteiger partial charge in [-0.05, 0) is 47.6 Å². The van der Waals surface area contributed by atoms with Crippen LogP contribution in [0.25, 0.3) is 11.1 Å². The SMILES string of the molecule is CC(C)(C)OC(=O)N(Cc1cc(-c2cnc(C(F)(F)F)nc2)cnc1C(F)(F)F)C(=O)OC(C)(C)C. The van der Waals surface area contributed by atoms with Crippen LogP contribution < -0.4 is 0 Å². The van der Waals surface area contributed by atoms with Crippen LogP contribution in [0, 0.1) is 0 Å². The summed E-state index contributed by atoms with van der Waals surface area (Å²) < 4.78 is 89.6. The lowest BCUT2D eigenvalue weighted by atomic mass is 10.1. The molecular formula is C22H24F6N4O4. The van der Waals surface area contributed by atoms with Gasteiger partial charge in [0.25, 0.3) is 0 Å². The number of aromatic nitrogens is 3. The van der Waals surface area contributed by atoms with Crippen molar-refractivity contribution in [3.63, 3.8) is 0 Å². The molecule has 0 aliphatic heterocycles. The Balaban J connectivity index is 2.56. The molecule has 0 aliphatic rings. The number of carbonyl (C=O) groups is 2. The molecular weight excluding hydrogens is 498 g/mol. The van der Waals surface area contributed by atoms with Crippen molar-refractivity contribution in [3.05, 3.63) is 41.7 Å². The second kappa shape index (κ2) is 9.90. The molecule has 0 radical (unpaired) electrons. The third kappa shape index (κ3) is 8.05. The van der Waals surface area contributed by atoms with Crippen LogP contribution in [0.15, 0.2) is 24.7 Å². The Morgan fingerprint density at radius 3 is 1.58 bits per heavy atom. The molecule has 2 rings (SSSR count). The second-order valence-electron chi connectivity index (χ2n) is 9.57. The number of rotatable bonds is 3. The molecule has 0 unspecified atom stereocenters. The molecule has 14 heteroatoms. The highest BCUT2D eigenvalue weighted by Gasteiger charge is 2.39. The maximum Gasteiger partial charge on any atom is 0.451 e. The van der Waals surface area contributed by atoms with Crippen molar-refractivity contribution in [1.82, 2.24) is 19.9 Å². The minimum absolute atomic E-state index is 0.0773. The zero-order valence-electron chi connectivity index (χ0n) is 20.2. The number of alkyl halides is 6. The fourth-order valence-electron chi connectivity index (χ4n) is 2.68. The van der Waals surface area contributed by atoms with E-state index in [2.05, 4.69) is 15.0 Å². The van der Waals surface area contributed by atoms with Crippen LogP contribution in [0.1, 0.15) is 58.6 Å². The summed E-state index contributed by atoms with van der Waals surface area (Å²) in [5, 5.41) is 0. The van der Waals surface area contributed by atoms with Gasteiger partial charge in [0, 0.05) is 35.3 Å². The van der Waals surface area contributed by atoms with E-state index in [-0.39, 0.29) is 11.1 Å². The average Bonchev–Trinajstić information content (AvgIpc) is 2.67. The summed E-state index contributed by atoms with van der Waals surface area (Å²) in [7, 11) is 0. The van der Waals surface area contributed by atoms with Crippen LogP contribution in [0.2, 0.25) is 0 Å². The molecule has 0 atom stereocenters. The van der Waals surface area contributed by atoms with Gasteiger partial charge in [-0.2, -0.15) is 26.3 Å². The van der Waals surface area contributed by atoms with Gasteiger partial charge in [-0.25, -0.2) is 24.5 Å². The van der Waals surface area contributed by atoms with Crippen molar-refractivity contribution in [1.29, 1.82) is 0 Å². The first-order valence-electron chi connectivity index (χ1n) is 10.4. The zero-order valence-corrected chi connectivity index (χ0v) is 20.2. The minimum atomic E-state index is -4.99. The Kier molecular flexibility index (Phi) is 7.91. The normalized spacial score (nSPS) is 12.8. The predicted molar refractivity (Wildman–Crippen MR) is 113 cm³/mol. The van der Waals surface area contributed by atoms with Gasteiger partial charge in [0.05, 0.1) is 6.54 Å². The van der Waals surface area contributed by atoms with E-state index in [4.69, 9.17) is 9.47 Å². The van der Waals surface area contributed by atoms with Gasteiger partial charge in [-0.15, -0.1) is 0 Å². The molecule has 0 saturated heterocycles. The Morgan fingerprint density at radius 2 is 1.19 bits per heavy atom. The third-order valence-corrected chi connectivity index (χ3v) is 4.03. The molecule has 2 heterocycles. The molecule has 0 fully saturated rings. The van der Waals surface area contributed by atoms with E-state index in [1.807, 2.05) is 0 Å². The number of pyridine rings is 1. The number of imide groups is 1. The van der Waals surface area contributed by atoms with Crippen LogP contribution in [0.4, 0.5) is 35.9 Å². The van der Waals surface area contributed by atoms with Crippen molar-refractivity contribution in [3.8, 4) is 11.1 Å². The van der Waals surface area contributed by atoms with E-state index in [0.717, 1.165) is 24.7 Å². The molecule has 0 N–H and O–H groups in total. The molecule has 0 aromatic carbocycles. The van der Waals surface area contributed by atoms with E-state index in [9.17, 15) is 35.9 Å². The molecule has 8 nitrogen and oxygen atoms in total. The summed E-state index contributed by atoms with van der Waals surface area (Å²) in [4.78, 5) is 35.5. The van der Waals surface area contributed by atoms with Gasteiger partial charge < -0.3 is 9.47 Å². The van der Waals surface area contributed by atoms with Crippen molar-refractivity contribution < 1.29 is 45.4 Å². The summed E-state index contributed by atoms with van der Waals surface area (Å²) in [6.45, 7) is 8.00. The lowest BCUT2D eigenvalue weighted by Crippen LogP contribution is -2.43. The first-order chi connectivity index (χ1) is 16.2. The maximum atomic E-state index is 13.7. The largest absolute Gasteiger partial charge is 0.451 e. The van der Waals surface area contributed by atoms with E-state index in [1.54, 1.807) is 0 Å². The highest BCUT2D eigenvalue weighted by atomic mass is 19.4. The Labute approximate surface area is 202 Å². The number of nitrogens with zero attached hydrogens (tertiary/aromatic N) is 4.